The van der Waals surface area contributed by atoms with E-state index in [4.69, 9.17) is 0 Å². The summed E-state index contributed by atoms with van der Waals surface area (Å²) in [6.45, 7) is 6.57. The first-order valence-electron chi connectivity index (χ1n) is 6.39. The Morgan fingerprint density at radius 3 is 2.75 bits per heavy atom. The number of rotatable bonds is 4. The molecular weight excluding hydrogens is 198 g/mol. The van der Waals surface area contributed by atoms with E-state index in [1.54, 1.807) is 0 Å². The lowest BCUT2D eigenvalue weighted by atomic mass is 9.76. The third-order valence-corrected chi connectivity index (χ3v) is 3.86. The summed E-state index contributed by atoms with van der Waals surface area (Å²) < 4.78 is 0. The summed E-state index contributed by atoms with van der Waals surface area (Å²) in [5.74, 6) is 0. The summed E-state index contributed by atoms with van der Waals surface area (Å²) in [6.07, 6.45) is 8.92. The van der Waals surface area contributed by atoms with Crippen molar-refractivity contribution in [2.75, 3.05) is 6.54 Å². The molecule has 3 nitrogen and oxygen atoms in total. The third kappa shape index (κ3) is 2.85. The summed E-state index contributed by atoms with van der Waals surface area (Å²) in [5.41, 5.74) is 3.00. The maximum atomic E-state index is 4.04. The number of aromatic nitrogens is 2. The molecule has 1 aliphatic rings. The number of hydrogen-bond donors (Lipinski definition) is 2. The first-order valence-corrected chi connectivity index (χ1v) is 6.39. The Bertz CT molecular complexity index is 324. The lowest BCUT2D eigenvalue weighted by Crippen LogP contribution is -2.33. The summed E-state index contributed by atoms with van der Waals surface area (Å²) in [7, 11) is 0. The molecule has 1 saturated carbocycles. The van der Waals surface area contributed by atoms with Gasteiger partial charge in [0.2, 0.25) is 0 Å². The van der Waals surface area contributed by atoms with Crippen molar-refractivity contribution in [1.82, 2.24) is 15.5 Å². The number of hydrogen-bond acceptors (Lipinski definition) is 2. The number of H-pyrrole nitrogens is 1. The van der Waals surface area contributed by atoms with Crippen LogP contribution >= 0.6 is 0 Å². The Kier molecular flexibility index (Phi) is 3.64. The standard InChI is InChI=1S/C13H23N3/c1-11-12(9-15-16-11)8-14-10-13(2)6-4-3-5-7-13/h9,14H,3-8,10H2,1-2H3,(H,15,16). The molecule has 1 aliphatic carbocycles. The molecule has 0 saturated heterocycles. The molecule has 0 unspecified atom stereocenters. The van der Waals surface area contributed by atoms with E-state index >= 15 is 0 Å². The second-order valence-corrected chi connectivity index (χ2v) is 5.50. The number of nitrogens with one attached hydrogen (secondary N) is 2. The first-order chi connectivity index (χ1) is 7.70. The van der Waals surface area contributed by atoms with Crippen LogP contribution in [0.25, 0.3) is 0 Å². The molecule has 1 aromatic heterocycles. The molecule has 0 aromatic carbocycles. The van der Waals surface area contributed by atoms with Crippen LogP contribution in [-0.2, 0) is 6.54 Å². The van der Waals surface area contributed by atoms with Crippen LogP contribution in [0, 0.1) is 12.3 Å². The zero-order valence-electron chi connectivity index (χ0n) is 10.5. The van der Waals surface area contributed by atoms with Crippen LogP contribution in [0.4, 0.5) is 0 Å². The zero-order chi connectivity index (χ0) is 11.4. The molecule has 16 heavy (non-hydrogen) atoms. The number of nitrogens with zero attached hydrogens (tertiary/aromatic N) is 1. The average molecular weight is 221 g/mol. The van der Waals surface area contributed by atoms with E-state index in [1.807, 2.05) is 6.20 Å². The van der Waals surface area contributed by atoms with Crippen molar-refractivity contribution in [3.63, 3.8) is 0 Å². The van der Waals surface area contributed by atoms with Crippen molar-refractivity contribution < 1.29 is 0 Å². The Balaban J connectivity index is 1.77. The molecule has 3 heteroatoms. The smallest absolute Gasteiger partial charge is 0.0535 e. The van der Waals surface area contributed by atoms with Crippen LogP contribution in [0.15, 0.2) is 6.20 Å². The molecule has 0 amide bonds. The Morgan fingerprint density at radius 1 is 1.38 bits per heavy atom. The van der Waals surface area contributed by atoms with Gasteiger partial charge in [0.15, 0.2) is 0 Å². The first kappa shape index (κ1) is 11.6. The van der Waals surface area contributed by atoms with Gasteiger partial charge in [-0.3, -0.25) is 5.10 Å². The van der Waals surface area contributed by atoms with E-state index in [9.17, 15) is 0 Å². The maximum absolute atomic E-state index is 4.04. The van der Waals surface area contributed by atoms with Crippen LogP contribution in [-0.4, -0.2) is 16.7 Å². The normalized spacial score (nSPS) is 19.9. The highest BCUT2D eigenvalue weighted by Gasteiger charge is 2.25. The minimum Gasteiger partial charge on any atom is -0.312 e. The van der Waals surface area contributed by atoms with Crippen LogP contribution in [0.2, 0.25) is 0 Å². The van der Waals surface area contributed by atoms with E-state index < -0.39 is 0 Å². The lowest BCUT2D eigenvalue weighted by Gasteiger charge is -2.33. The lowest BCUT2D eigenvalue weighted by molar-refractivity contribution is 0.207. The SMILES string of the molecule is Cc1[nH]ncc1CNCC1(C)CCCCC1. The van der Waals surface area contributed by atoms with Crippen LogP contribution in [0.5, 0.6) is 0 Å². The molecule has 90 valence electrons. The molecular formula is C13H23N3. The number of aryl methyl sites for hydroxylation is 1. The van der Waals surface area contributed by atoms with Gasteiger partial charge < -0.3 is 5.32 Å². The molecule has 0 spiro atoms. The van der Waals surface area contributed by atoms with E-state index in [-0.39, 0.29) is 0 Å². The summed E-state index contributed by atoms with van der Waals surface area (Å²) >= 11 is 0. The van der Waals surface area contributed by atoms with Gasteiger partial charge >= 0.3 is 0 Å². The Morgan fingerprint density at radius 2 is 2.12 bits per heavy atom. The van der Waals surface area contributed by atoms with Crippen LogP contribution in [0.1, 0.15) is 50.3 Å². The van der Waals surface area contributed by atoms with Crippen molar-refractivity contribution >= 4 is 0 Å². The van der Waals surface area contributed by atoms with E-state index in [2.05, 4.69) is 29.4 Å². The Labute approximate surface area is 98.0 Å². The monoisotopic (exact) mass is 221 g/mol. The largest absolute Gasteiger partial charge is 0.312 e. The van der Waals surface area contributed by atoms with Gasteiger partial charge in [0.05, 0.1) is 6.20 Å². The van der Waals surface area contributed by atoms with E-state index in [0.29, 0.717) is 5.41 Å². The molecule has 1 heterocycles. The van der Waals surface area contributed by atoms with Crippen LogP contribution in [0.3, 0.4) is 0 Å². The molecule has 0 radical (unpaired) electrons. The molecule has 2 N–H and O–H groups in total. The van der Waals surface area contributed by atoms with Gasteiger partial charge in [0.1, 0.15) is 0 Å². The average Bonchev–Trinajstić information content (AvgIpc) is 2.65. The summed E-state index contributed by atoms with van der Waals surface area (Å²) in [5, 5.41) is 10.6. The van der Waals surface area contributed by atoms with Gasteiger partial charge in [-0.05, 0) is 25.2 Å². The second kappa shape index (κ2) is 5.00. The fraction of sp³-hybridized carbons (Fsp3) is 0.769. The number of aromatic amines is 1. The summed E-state index contributed by atoms with van der Waals surface area (Å²) in [4.78, 5) is 0. The quantitative estimate of drug-likeness (QED) is 0.820. The molecule has 0 bridgehead atoms. The maximum Gasteiger partial charge on any atom is 0.0535 e. The molecule has 0 atom stereocenters. The fourth-order valence-electron chi connectivity index (χ4n) is 2.63. The van der Waals surface area contributed by atoms with E-state index in [0.717, 1.165) is 13.1 Å². The van der Waals surface area contributed by atoms with Crippen LogP contribution < -0.4 is 5.32 Å². The van der Waals surface area contributed by atoms with Gasteiger partial charge in [-0.1, -0.05) is 26.2 Å². The minimum absolute atomic E-state index is 0.524. The Hall–Kier alpha value is -0.830. The van der Waals surface area contributed by atoms with Gasteiger partial charge in [0.25, 0.3) is 0 Å². The molecule has 1 aromatic rings. The topological polar surface area (TPSA) is 40.7 Å². The highest BCUT2D eigenvalue weighted by molar-refractivity contribution is 5.13. The predicted octanol–water partition coefficient (Wildman–Crippen LogP) is 2.78. The van der Waals surface area contributed by atoms with E-state index in [1.165, 1.54) is 43.4 Å². The van der Waals surface area contributed by atoms with Gasteiger partial charge in [0, 0.05) is 24.3 Å². The summed E-state index contributed by atoms with van der Waals surface area (Å²) in [6, 6.07) is 0. The van der Waals surface area contributed by atoms with Crippen molar-refractivity contribution in [3.8, 4) is 0 Å². The third-order valence-electron chi connectivity index (χ3n) is 3.86. The zero-order valence-corrected chi connectivity index (χ0v) is 10.5. The van der Waals surface area contributed by atoms with Gasteiger partial charge in [-0.15, -0.1) is 0 Å². The van der Waals surface area contributed by atoms with Crippen molar-refractivity contribution in [2.24, 2.45) is 5.41 Å². The van der Waals surface area contributed by atoms with Crippen molar-refractivity contribution in [3.05, 3.63) is 17.5 Å². The minimum atomic E-state index is 0.524. The van der Waals surface area contributed by atoms with Crippen molar-refractivity contribution in [1.29, 1.82) is 0 Å². The predicted molar refractivity (Wildman–Crippen MR) is 66.2 cm³/mol. The molecule has 1 fully saturated rings. The molecule has 0 aliphatic heterocycles. The highest BCUT2D eigenvalue weighted by Crippen LogP contribution is 2.34. The molecule has 2 rings (SSSR count). The second-order valence-electron chi connectivity index (χ2n) is 5.50. The van der Waals surface area contributed by atoms with Gasteiger partial charge in [-0.2, -0.15) is 5.10 Å². The highest BCUT2D eigenvalue weighted by atomic mass is 15.1. The van der Waals surface area contributed by atoms with Crippen molar-refractivity contribution in [2.45, 2.75) is 52.5 Å². The van der Waals surface area contributed by atoms with Gasteiger partial charge in [-0.25, -0.2) is 0 Å². The fourth-order valence-corrected chi connectivity index (χ4v) is 2.63.